The molecule has 0 saturated carbocycles. The van der Waals surface area contributed by atoms with Gasteiger partial charge in [0.1, 0.15) is 23.3 Å². The van der Waals surface area contributed by atoms with Crippen LogP contribution in [0.2, 0.25) is 0 Å². The van der Waals surface area contributed by atoms with Gasteiger partial charge in [0.15, 0.2) is 0 Å². The molecule has 0 aliphatic rings. The van der Waals surface area contributed by atoms with E-state index in [2.05, 4.69) is 0 Å². The smallest absolute Gasteiger partial charge is 0.131 e. The van der Waals surface area contributed by atoms with Crippen molar-refractivity contribution in [1.29, 1.82) is 0 Å². The molecule has 4 aromatic carbocycles. The zero-order chi connectivity index (χ0) is 22.2. The Morgan fingerprint density at radius 3 is 1.32 bits per heavy atom. The highest BCUT2D eigenvalue weighted by molar-refractivity contribution is 5.75. The highest BCUT2D eigenvalue weighted by Gasteiger charge is 2.31. The Bertz CT molecular complexity index is 1170. The van der Waals surface area contributed by atoms with E-state index in [0.717, 1.165) is 0 Å². The summed E-state index contributed by atoms with van der Waals surface area (Å²) in [6.07, 6.45) is 0. The van der Waals surface area contributed by atoms with Gasteiger partial charge >= 0.3 is 0 Å². The Kier molecular flexibility index (Phi) is 5.38. The molecule has 0 radical (unpaired) electrons. The van der Waals surface area contributed by atoms with Gasteiger partial charge in [0.25, 0.3) is 0 Å². The molecule has 0 unspecified atom stereocenters. The quantitative estimate of drug-likeness (QED) is 0.360. The maximum absolute atomic E-state index is 14.6. The Labute approximate surface area is 177 Å². The van der Waals surface area contributed by atoms with E-state index in [4.69, 9.17) is 5.73 Å². The Balaban J connectivity index is 2.00. The van der Waals surface area contributed by atoms with Crippen molar-refractivity contribution >= 4 is 0 Å². The van der Waals surface area contributed by atoms with Crippen LogP contribution >= 0.6 is 0 Å². The zero-order valence-electron chi connectivity index (χ0n) is 16.7. The molecule has 156 valence electrons. The first-order valence-corrected chi connectivity index (χ1v) is 9.68. The molecule has 2 N–H and O–H groups in total. The van der Waals surface area contributed by atoms with Gasteiger partial charge in [-0.15, -0.1) is 0 Å². The Morgan fingerprint density at radius 2 is 0.935 bits per heavy atom. The van der Waals surface area contributed by atoms with Crippen molar-refractivity contribution in [3.8, 4) is 22.3 Å². The van der Waals surface area contributed by atoms with Gasteiger partial charge < -0.3 is 5.73 Å². The van der Waals surface area contributed by atoms with E-state index in [9.17, 15) is 17.6 Å². The Morgan fingerprint density at radius 1 is 0.548 bits per heavy atom. The lowest BCUT2D eigenvalue weighted by molar-refractivity contribution is 0.570. The van der Waals surface area contributed by atoms with E-state index >= 15 is 0 Å². The lowest BCUT2D eigenvalue weighted by Crippen LogP contribution is -2.36. The molecule has 0 aliphatic heterocycles. The van der Waals surface area contributed by atoms with Gasteiger partial charge in [0.05, 0.1) is 5.54 Å². The summed E-state index contributed by atoms with van der Waals surface area (Å²) < 4.78 is 57.7. The van der Waals surface area contributed by atoms with E-state index in [1.54, 1.807) is 43.3 Å². The molecule has 1 nitrogen and oxygen atoms in total. The lowest BCUT2D eigenvalue weighted by atomic mass is 9.78. The van der Waals surface area contributed by atoms with Crippen LogP contribution in [0, 0.1) is 23.3 Å². The van der Waals surface area contributed by atoms with Gasteiger partial charge in [0, 0.05) is 11.1 Å². The summed E-state index contributed by atoms with van der Waals surface area (Å²) in [7, 11) is 0. The number of hydrogen-bond donors (Lipinski definition) is 1. The molecule has 0 spiro atoms. The molecular formula is C26H19F4N. The van der Waals surface area contributed by atoms with Crippen molar-refractivity contribution in [2.45, 2.75) is 12.5 Å². The second kappa shape index (κ2) is 8.00. The lowest BCUT2D eigenvalue weighted by Gasteiger charge is -2.31. The van der Waals surface area contributed by atoms with Crippen molar-refractivity contribution < 1.29 is 17.6 Å². The highest BCUT2D eigenvalue weighted by Crippen LogP contribution is 2.40. The van der Waals surface area contributed by atoms with E-state index in [1.165, 1.54) is 48.5 Å². The summed E-state index contributed by atoms with van der Waals surface area (Å²) in [5, 5.41) is 0. The van der Waals surface area contributed by atoms with Gasteiger partial charge in [-0.1, -0.05) is 48.5 Å². The first-order valence-electron chi connectivity index (χ1n) is 9.68. The minimum atomic E-state index is -1.47. The molecule has 0 heterocycles. The van der Waals surface area contributed by atoms with Gasteiger partial charge in [-0.2, -0.15) is 0 Å². The van der Waals surface area contributed by atoms with Crippen LogP contribution in [-0.4, -0.2) is 0 Å². The largest absolute Gasteiger partial charge is 0.318 e. The molecule has 4 rings (SSSR count). The summed E-state index contributed by atoms with van der Waals surface area (Å²) in [5.41, 5.74) is 6.93. The average Bonchev–Trinajstić information content (AvgIpc) is 2.75. The number of rotatable bonds is 4. The number of halogens is 4. The zero-order valence-corrected chi connectivity index (χ0v) is 16.7. The van der Waals surface area contributed by atoms with Crippen LogP contribution in [-0.2, 0) is 5.54 Å². The minimum absolute atomic E-state index is 0.234. The Hall–Kier alpha value is -3.44. The molecule has 0 aromatic heterocycles. The van der Waals surface area contributed by atoms with Gasteiger partial charge in [-0.05, 0) is 65.6 Å². The highest BCUT2D eigenvalue weighted by atomic mass is 19.1. The molecule has 0 bridgehead atoms. The number of nitrogens with two attached hydrogens (primary N) is 1. The molecule has 0 fully saturated rings. The molecule has 31 heavy (non-hydrogen) atoms. The molecule has 0 saturated heterocycles. The van der Waals surface area contributed by atoms with Crippen molar-refractivity contribution in [1.82, 2.24) is 0 Å². The van der Waals surface area contributed by atoms with Crippen LogP contribution < -0.4 is 5.73 Å². The van der Waals surface area contributed by atoms with Crippen molar-refractivity contribution in [2.75, 3.05) is 0 Å². The summed E-state index contributed by atoms with van der Waals surface area (Å²) in [5.74, 6) is -2.15. The SMILES string of the molecule is CC(N)(c1cc(F)ccc1-c1ccccc1F)c1cc(F)ccc1-c1ccccc1F. The fourth-order valence-electron chi connectivity index (χ4n) is 3.87. The van der Waals surface area contributed by atoms with E-state index in [1.807, 2.05) is 0 Å². The second-order valence-electron chi connectivity index (χ2n) is 7.54. The van der Waals surface area contributed by atoms with Crippen LogP contribution in [0.15, 0.2) is 84.9 Å². The minimum Gasteiger partial charge on any atom is -0.318 e. The summed E-state index contributed by atoms with van der Waals surface area (Å²) in [6, 6.07) is 19.8. The monoisotopic (exact) mass is 421 g/mol. The summed E-state index contributed by atoms with van der Waals surface area (Å²) in [6.45, 7) is 1.57. The third-order valence-corrected chi connectivity index (χ3v) is 5.41. The van der Waals surface area contributed by atoms with Gasteiger partial charge in [-0.3, -0.25) is 0 Å². The van der Waals surface area contributed by atoms with Crippen LogP contribution in [0.4, 0.5) is 17.6 Å². The van der Waals surface area contributed by atoms with Gasteiger partial charge in [0.2, 0.25) is 0 Å². The standard InChI is InChI=1S/C26H19F4N/c1-26(31,22-14-16(27)10-12-18(22)20-6-2-4-8-24(20)29)23-15-17(28)11-13-19(23)21-7-3-5-9-25(21)30/h2-15H,31H2,1H3. The summed E-state index contributed by atoms with van der Waals surface area (Å²) in [4.78, 5) is 0. The van der Waals surface area contributed by atoms with Crippen LogP contribution in [0.25, 0.3) is 22.3 Å². The second-order valence-corrected chi connectivity index (χ2v) is 7.54. The molecule has 0 amide bonds. The van der Waals surface area contributed by atoms with Crippen molar-refractivity contribution in [3.63, 3.8) is 0 Å². The van der Waals surface area contributed by atoms with Gasteiger partial charge in [-0.25, -0.2) is 17.6 Å². The first-order chi connectivity index (χ1) is 14.8. The number of hydrogen-bond acceptors (Lipinski definition) is 1. The first kappa shape index (κ1) is 20.8. The third kappa shape index (κ3) is 3.84. The predicted molar refractivity (Wildman–Crippen MR) is 114 cm³/mol. The normalized spacial score (nSPS) is 11.5. The number of benzene rings is 4. The van der Waals surface area contributed by atoms with Crippen molar-refractivity contribution in [3.05, 3.63) is 119 Å². The maximum Gasteiger partial charge on any atom is 0.131 e. The average molecular weight is 421 g/mol. The fraction of sp³-hybridized carbons (Fsp3) is 0.0769. The van der Waals surface area contributed by atoms with E-state index in [-0.39, 0.29) is 22.3 Å². The predicted octanol–water partition coefficient (Wildman–Crippen LogP) is 6.80. The van der Waals surface area contributed by atoms with E-state index < -0.39 is 28.8 Å². The van der Waals surface area contributed by atoms with E-state index in [0.29, 0.717) is 11.1 Å². The molecule has 5 heteroatoms. The molecule has 0 aliphatic carbocycles. The topological polar surface area (TPSA) is 26.0 Å². The van der Waals surface area contributed by atoms with Crippen molar-refractivity contribution in [2.24, 2.45) is 5.73 Å². The van der Waals surface area contributed by atoms with Crippen LogP contribution in [0.5, 0.6) is 0 Å². The molecule has 0 atom stereocenters. The summed E-state index contributed by atoms with van der Waals surface area (Å²) >= 11 is 0. The molecular weight excluding hydrogens is 402 g/mol. The maximum atomic E-state index is 14.6. The molecule has 4 aromatic rings. The fourth-order valence-corrected chi connectivity index (χ4v) is 3.87. The third-order valence-electron chi connectivity index (χ3n) is 5.41. The van der Waals surface area contributed by atoms with Crippen LogP contribution in [0.3, 0.4) is 0 Å². The van der Waals surface area contributed by atoms with Crippen LogP contribution in [0.1, 0.15) is 18.1 Å².